The molecule has 0 bridgehead atoms. The molecule has 1 heterocycles. The van der Waals surface area contributed by atoms with Gasteiger partial charge in [0.15, 0.2) is 17.5 Å². The van der Waals surface area contributed by atoms with E-state index in [-0.39, 0.29) is 17.2 Å². The van der Waals surface area contributed by atoms with Gasteiger partial charge in [0.05, 0.1) is 18.1 Å². The fraction of sp³-hybridized carbons (Fsp3) is 0. The second kappa shape index (κ2) is 7.40. The third kappa shape index (κ3) is 3.92. The average molecular weight is 379 g/mol. The van der Waals surface area contributed by atoms with Gasteiger partial charge in [-0.3, -0.25) is 4.79 Å². The maximum Gasteiger partial charge on any atom is 0.275 e. The molecule has 0 aliphatic rings. The van der Waals surface area contributed by atoms with Gasteiger partial charge in [0.1, 0.15) is 11.5 Å². The fourth-order valence-electron chi connectivity index (χ4n) is 2.00. The summed E-state index contributed by atoms with van der Waals surface area (Å²) in [6, 6.07) is 8.28. The number of hydrogen-bond donors (Lipinski definition) is 2. The third-order valence-corrected chi connectivity index (χ3v) is 3.54. The lowest BCUT2D eigenvalue weighted by atomic mass is 10.3. The zero-order valence-electron chi connectivity index (χ0n) is 12.9. The highest BCUT2D eigenvalue weighted by atomic mass is 35.5. The molecule has 1 amide bonds. The van der Waals surface area contributed by atoms with Crippen LogP contribution in [0.1, 0.15) is 10.5 Å². The SMILES string of the molecule is O=C(Nc1ccc(Cl)cc1)c1cnc(Nc2ccc(F)c(F)c2F)cn1. The maximum absolute atomic E-state index is 13.6. The normalized spacial score (nSPS) is 10.5. The minimum atomic E-state index is -1.60. The lowest BCUT2D eigenvalue weighted by Crippen LogP contribution is -2.14. The first-order chi connectivity index (χ1) is 12.4. The minimum absolute atomic E-state index is 0.0104. The van der Waals surface area contributed by atoms with Crippen LogP contribution in [0.25, 0.3) is 0 Å². The Morgan fingerprint density at radius 1 is 0.923 bits per heavy atom. The summed E-state index contributed by atoms with van der Waals surface area (Å²) in [5.41, 5.74) is 0.222. The summed E-state index contributed by atoms with van der Waals surface area (Å²) < 4.78 is 39.8. The lowest BCUT2D eigenvalue weighted by molar-refractivity contribution is 0.102. The largest absolute Gasteiger partial charge is 0.336 e. The molecule has 5 nitrogen and oxygen atoms in total. The van der Waals surface area contributed by atoms with E-state index in [0.29, 0.717) is 10.7 Å². The van der Waals surface area contributed by atoms with E-state index in [1.807, 2.05) is 0 Å². The number of anilines is 3. The predicted molar refractivity (Wildman–Crippen MR) is 91.0 cm³/mol. The van der Waals surface area contributed by atoms with E-state index >= 15 is 0 Å². The Morgan fingerprint density at radius 2 is 1.65 bits per heavy atom. The third-order valence-electron chi connectivity index (χ3n) is 3.28. The van der Waals surface area contributed by atoms with Crippen LogP contribution in [-0.2, 0) is 0 Å². The molecule has 0 aliphatic carbocycles. The zero-order valence-corrected chi connectivity index (χ0v) is 13.7. The first-order valence-corrected chi connectivity index (χ1v) is 7.61. The summed E-state index contributed by atoms with van der Waals surface area (Å²) in [6.07, 6.45) is 2.32. The first-order valence-electron chi connectivity index (χ1n) is 7.23. The molecule has 0 radical (unpaired) electrons. The molecule has 1 aromatic heterocycles. The molecule has 0 aliphatic heterocycles. The highest BCUT2D eigenvalue weighted by molar-refractivity contribution is 6.30. The van der Waals surface area contributed by atoms with Crippen LogP contribution in [0, 0.1) is 17.5 Å². The Balaban J connectivity index is 1.71. The summed E-state index contributed by atoms with van der Waals surface area (Å²) in [5.74, 6) is -4.73. The molecule has 3 rings (SSSR count). The molecule has 2 N–H and O–H groups in total. The number of halogens is 4. The molecule has 0 unspecified atom stereocenters. The highest BCUT2D eigenvalue weighted by Crippen LogP contribution is 2.22. The van der Waals surface area contributed by atoms with Gasteiger partial charge in [-0.1, -0.05) is 11.6 Å². The molecule has 0 atom stereocenters. The summed E-state index contributed by atoms with van der Waals surface area (Å²) in [5, 5.41) is 5.60. The lowest BCUT2D eigenvalue weighted by Gasteiger charge is -2.08. The highest BCUT2D eigenvalue weighted by Gasteiger charge is 2.14. The van der Waals surface area contributed by atoms with Crippen molar-refractivity contribution in [3.05, 3.63) is 77.0 Å². The average Bonchev–Trinajstić information content (AvgIpc) is 2.64. The second-order valence-electron chi connectivity index (χ2n) is 5.10. The van der Waals surface area contributed by atoms with Gasteiger partial charge in [-0.05, 0) is 36.4 Å². The second-order valence-corrected chi connectivity index (χ2v) is 5.53. The van der Waals surface area contributed by atoms with Gasteiger partial charge in [-0.15, -0.1) is 0 Å². The van der Waals surface area contributed by atoms with Crippen molar-refractivity contribution < 1.29 is 18.0 Å². The predicted octanol–water partition coefficient (Wildman–Crippen LogP) is 4.54. The van der Waals surface area contributed by atoms with Crippen molar-refractivity contribution >= 4 is 34.7 Å². The number of aromatic nitrogens is 2. The van der Waals surface area contributed by atoms with E-state index in [1.165, 1.54) is 0 Å². The van der Waals surface area contributed by atoms with E-state index < -0.39 is 23.4 Å². The summed E-state index contributed by atoms with van der Waals surface area (Å²) in [7, 11) is 0. The topological polar surface area (TPSA) is 66.9 Å². The zero-order chi connectivity index (χ0) is 18.7. The number of benzene rings is 2. The Hall–Kier alpha value is -3.13. The van der Waals surface area contributed by atoms with Crippen molar-refractivity contribution in [1.29, 1.82) is 0 Å². The van der Waals surface area contributed by atoms with E-state index in [4.69, 9.17) is 11.6 Å². The molecule has 132 valence electrons. The molecular weight excluding hydrogens is 369 g/mol. The van der Waals surface area contributed by atoms with Gasteiger partial charge in [0.2, 0.25) is 0 Å². The van der Waals surface area contributed by atoms with Gasteiger partial charge < -0.3 is 10.6 Å². The summed E-state index contributed by atoms with van der Waals surface area (Å²) in [6.45, 7) is 0. The monoisotopic (exact) mass is 378 g/mol. The number of carbonyl (C=O) groups is 1. The van der Waals surface area contributed by atoms with Gasteiger partial charge in [-0.25, -0.2) is 23.1 Å². The van der Waals surface area contributed by atoms with Crippen molar-refractivity contribution in [3.63, 3.8) is 0 Å². The molecular formula is C17H10ClF3N4O. The van der Waals surface area contributed by atoms with Crippen LogP contribution in [0.2, 0.25) is 5.02 Å². The molecule has 0 fully saturated rings. The van der Waals surface area contributed by atoms with Crippen molar-refractivity contribution in [2.24, 2.45) is 0 Å². The molecule has 0 spiro atoms. The van der Waals surface area contributed by atoms with Crippen LogP contribution < -0.4 is 10.6 Å². The Bertz CT molecular complexity index is 949. The number of carbonyl (C=O) groups excluding carboxylic acids is 1. The molecule has 0 saturated heterocycles. The van der Waals surface area contributed by atoms with Crippen LogP contribution in [0.4, 0.5) is 30.4 Å². The van der Waals surface area contributed by atoms with E-state index in [9.17, 15) is 18.0 Å². The number of nitrogens with zero attached hydrogens (tertiary/aromatic N) is 2. The first kappa shape index (κ1) is 17.7. The molecule has 0 saturated carbocycles. The van der Waals surface area contributed by atoms with Crippen LogP contribution in [0.3, 0.4) is 0 Å². The van der Waals surface area contributed by atoms with Crippen LogP contribution in [-0.4, -0.2) is 15.9 Å². The molecule has 9 heteroatoms. The van der Waals surface area contributed by atoms with Gasteiger partial charge in [0, 0.05) is 10.7 Å². The van der Waals surface area contributed by atoms with Gasteiger partial charge in [-0.2, -0.15) is 0 Å². The van der Waals surface area contributed by atoms with E-state index in [1.54, 1.807) is 24.3 Å². The molecule has 3 aromatic rings. The molecule has 26 heavy (non-hydrogen) atoms. The number of rotatable bonds is 4. The van der Waals surface area contributed by atoms with E-state index in [0.717, 1.165) is 24.5 Å². The van der Waals surface area contributed by atoms with Crippen molar-refractivity contribution in [2.75, 3.05) is 10.6 Å². The van der Waals surface area contributed by atoms with E-state index in [2.05, 4.69) is 20.6 Å². The Morgan fingerprint density at radius 3 is 2.31 bits per heavy atom. The fourth-order valence-corrected chi connectivity index (χ4v) is 2.12. The minimum Gasteiger partial charge on any atom is -0.336 e. The van der Waals surface area contributed by atoms with Crippen LogP contribution >= 0.6 is 11.6 Å². The van der Waals surface area contributed by atoms with Crippen molar-refractivity contribution in [3.8, 4) is 0 Å². The van der Waals surface area contributed by atoms with Crippen LogP contribution in [0.5, 0.6) is 0 Å². The van der Waals surface area contributed by atoms with Crippen molar-refractivity contribution in [2.45, 2.75) is 0 Å². The number of hydrogen-bond acceptors (Lipinski definition) is 4. The quantitative estimate of drug-likeness (QED) is 0.654. The van der Waals surface area contributed by atoms with Crippen molar-refractivity contribution in [1.82, 2.24) is 9.97 Å². The van der Waals surface area contributed by atoms with Crippen LogP contribution in [0.15, 0.2) is 48.8 Å². The Kier molecular flexibility index (Phi) is 5.04. The Labute approximate surface area is 150 Å². The number of amides is 1. The standard InChI is InChI=1S/C17H10ClF3N4O/c18-9-1-3-10(4-2-9)24-17(26)13-7-23-14(8-22-13)25-12-6-5-11(19)15(20)16(12)21/h1-8H,(H,23,25)(H,24,26). The molecule has 2 aromatic carbocycles. The van der Waals surface area contributed by atoms with Gasteiger partial charge in [0.25, 0.3) is 5.91 Å². The van der Waals surface area contributed by atoms with Gasteiger partial charge >= 0.3 is 0 Å². The number of nitrogens with one attached hydrogen (secondary N) is 2. The summed E-state index contributed by atoms with van der Waals surface area (Å²) in [4.78, 5) is 19.9. The maximum atomic E-state index is 13.6. The summed E-state index contributed by atoms with van der Waals surface area (Å²) >= 11 is 5.77. The smallest absolute Gasteiger partial charge is 0.275 e.